The molecule has 1 aromatic carbocycles. The minimum atomic E-state index is -0.848. The number of ether oxygens (including phenoxy) is 2. The third kappa shape index (κ3) is 4.46. The van der Waals surface area contributed by atoms with Gasteiger partial charge in [-0.3, -0.25) is 4.79 Å². The Morgan fingerprint density at radius 1 is 1.27 bits per heavy atom. The van der Waals surface area contributed by atoms with Crippen molar-refractivity contribution in [3.8, 4) is 5.75 Å². The van der Waals surface area contributed by atoms with Crippen LogP contribution in [0.2, 0.25) is 0 Å². The second-order valence-corrected chi connectivity index (χ2v) is 3.07. The smallest absolute Gasteiger partial charge is 0.404 e. The molecule has 1 aromatic rings. The Bertz CT molecular complexity index is 358. The van der Waals surface area contributed by atoms with E-state index in [2.05, 4.69) is 4.74 Å². The van der Waals surface area contributed by atoms with Crippen LogP contribution >= 0.6 is 11.6 Å². The first-order valence-corrected chi connectivity index (χ1v) is 4.55. The molecule has 0 aliphatic rings. The molecule has 0 heterocycles. The zero-order valence-corrected chi connectivity index (χ0v) is 8.78. The quantitative estimate of drug-likeness (QED) is 0.453. The molecule has 80 valence electrons. The van der Waals surface area contributed by atoms with Crippen molar-refractivity contribution in [1.29, 1.82) is 0 Å². The first-order valence-electron chi connectivity index (χ1n) is 4.17. The Balaban J connectivity index is 2.56. The Labute approximate surface area is 91.7 Å². The van der Waals surface area contributed by atoms with E-state index in [0.717, 1.165) is 5.56 Å². The summed E-state index contributed by atoms with van der Waals surface area (Å²) in [5.74, 6) is 0.0679. The third-order valence-electron chi connectivity index (χ3n) is 1.54. The molecule has 0 fully saturated rings. The van der Waals surface area contributed by atoms with Crippen molar-refractivity contribution in [3.05, 3.63) is 29.8 Å². The van der Waals surface area contributed by atoms with Crippen LogP contribution in [-0.4, -0.2) is 11.4 Å². The van der Waals surface area contributed by atoms with Crippen LogP contribution < -0.4 is 4.74 Å². The molecule has 5 heteroatoms. The monoisotopic (exact) mass is 228 g/mol. The summed E-state index contributed by atoms with van der Waals surface area (Å²) in [4.78, 5) is 20.9. The van der Waals surface area contributed by atoms with Crippen LogP contribution in [0.3, 0.4) is 0 Å². The predicted octanol–water partition coefficient (Wildman–Crippen LogP) is 2.49. The van der Waals surface area contributed by atoms with Crippen LogP contribution in [0.25, 0.3) is 0 Å². The number of carbonyl (C=O) groups excluding carboxylic acids is 2. The van der Waals surface area contributed by atoms with Gasteiger partial charge in [-0.25, -0.2) is 4.79 Å². The molecule has 0 amide bonds. The van der Waals surface area contributed by atoms with Gasteiger partial charge in [0.05, 0.1) is 0 Å². The molecule has 0 unspecified atom stereocenters. The highest BCUT2D eigenvalue weighted by Crippen LogP contribution is 2.13. The molecule has 15 heavy (non-hydrogen) atoms. The molecule has 0 atom stereocenters. The Morgan fingerprint density at radius 3 is 2.33 bits per heavy atom. The van der Waals surface area contributed by atoms with Gasteiger partial charge in [0.25, 0.3) is 0 Å². The fourth-order valence-corrected chi connectivity index (χ4v) is 1.01. The summed E-state index contributed by atoms with van der Waals surface area (Å²) < 4.78 is 9.39. The van der Waals surface area contributed by atoms with E-state index in [9.17, 15) is 9.59 Å². The number of carbonyl (C=O) groups is 2. The lowest BCUT2D eigenvalue weighted by atomic mass is 10.2. The second-order valence-electron chi connectivity index (χ2n) is 2.76. The summed E-state index contributed by atoms with van der Waals surface area (Å²) in [6, 6.07) is 6.58. The molecular formula is C10H9ClO4. The summed E-state index contributed by atoms with van der Waals surface area (Å²) in [6.07, 6.45) is 0. The highest BCUT2D eigenvalue weighted by molar-refractivity contribution is 6.61. The van der Waals surface area contributed by atoms with Crippen molar-refractivity contribution in [2.75, 3.05) is 0 Å². The van der Waals surface area contributed by atoms with Crippen LogP contribution in [0.5, 0.6) is 5.75 Å². The molecule has 0 aliphatic carbocycles. The molecule has 0 bridgehead atoms. The maximum atomic E-state index is 10.6. The van der Waals surface area contributed by atoms with Gasteiger partial charge < -0.3 is 9.47 Å². The minimum Gasteiger partial charge on any atom is -0.449 e. The Morgan fingerprint density at radius 2 is 1.87 bits per heavy atom. The molecular weight excluding hydrogens is 220 g/mol. The molecule has 4 nitrogen and oxygen atoms in total. The lowest BCUT2D eigenvalue weighted by molar-refractivity contribution is -0.131. The number of rotatable bonds is 3. The van der Waals surface area contributed by atoms with Crippen LogP contribution in [0.1, 0.15) is 12.5 Å². The van der Waals surface area contributed by atoms with Crippen LogP contribution in [0.15, 0.2) is 24.3 Å². The maximum Gasteiger partial charge on any atom is 0.404 e. The van der Waals surface area contributed by atoms with Crippen molar-refractivity contribution in [2.45, 2.75) is 13.5 Å². The normalized spacial score (nSPS) is 9.47. The molecule has 0 spiro atoms. The van der Waals surface area contributed by atoms with Gasteiger partial charge in [-0.15, -0.1) is 0 Å². The van der Waals surface area contributed by atoms with E-state index in [1.54, 1.807) is 24.3 Å². The van der Waals surface area contributed by atoms with E-state index in [4.69, 9.17) is 16.3 Å². The average Bonchev–Trinajstić information content (AvgIpc) is 2.16. The maximum absolute atomic E-state index is 10.6. The van der Waals surface area contributed by atoms with E-state index in [1.807, 2.05) is 0 Å². The molecule has 1 rings (SSSR count). The summed E-state index contributed by atoms with van der Waals surface area (Å²) >= 11 is 5.00. The van der Waals surface area contributed by atoms with Gasteiger partial charge in [-0.1, -0.05) is 12.1 Å². The SMILES string of the molecule is CC(=O)Oc1ccc(COC(=O)Cl)cc1. The van der Waals surface area contributed by atoms with E-state index >= 15 is 0 Å². The van der Waals surface area contributed by atoms with Gasteiger partial charge in [0, 0.05) is 18.5 Å². The van der Waals surface area contributed by atoms with E-state index in [1.165, 1.54) is 6.92 Å². The summed E-state index contributed by atoms with van der Waals surface area (Å²) in [5, 5.41) is 0. The number of esters is 1. The zero-order chi connectivity index (χ0) is 11.3. The zero-order valence-electron chi connectivity index (χ0n) is 8.03. The fourth-order valence-electron chi connectivity index (χ4n) is 0.960. The van der Waals surface area contributed by atoms with Gasteiger partial charge in [0.2, 0.25) is 0 Å². The predicted molar refractivity (Wildman–Crippen MR) is 53.8 cm³/mol. The van der Waals surface area contributed by atoms with Gasteiger partial charge in [-0.2, -0.15) is 0 Å². The van der Waals surface area contributed by atoms with Crippen LogP contribution in [-0.2, 0) is 16.1 Å². The first-order chi connectivity index (χ1) is 7.08. The van der Waals surface area contributed by atoms with E-state index in [-0.39, 0.29) is 12.6 Å². The number of hydrogen-bond donors (Lipinski definition) is 0. The molecule has 0 saturated heterocycles. The van der Waals surface area contributed by atoms with Gasteiger partial charge >= 0.3 is 11.4 Å². The van der Waals surface area contributed by atoms with Crippen molar-refractivity contribution in [1.82, 2.24) is 0 Å². The number of benzene rings is 1. The largest absolute Gasteiger partial charge is 0.449 e. The Hall–Kier alpha value is -1.55. The third-order valence-corrected chi connectivity index (χ3v) is 1.65. The lowest BCUT2D eigenvalue weighted by Gasteiger charge is -2.03. The molecule has 0 aromatic heterocycles. The molecule has 0 N–H and O–H groups in total. The van der Waals surface area contributed by atoms with Crippen molar-refractivity contribution in [2.24, 2.45) is 0 Å². The summed E-state index contributed by atoms with van der Waals surface area (Å²) in [7, 11) is 0. The van der Waals surface area contributed by atoms with Gasteiger partial charge in [0.1, 0.15) is 12.4 Å². The highest BCUT2D eigenvalue weighted by Gasteiger charge is 2.00. The van der Waals surface area contributed by atoms with E-state index in [0.29, 0.717) is 5.75 Å². The average molecular weight is 229 g/mol. The lowest BCUT2D eigenvalue weighted by Crippen LogP contribution is -2.01. The second kappa shape index (κ2) is 5.36. The number of hydrogen-bond acceptors (Lipinski definition) is 4. The van der Waals surface area contributed by atoms with E-state index < -0.39 is 5.43 Å². The highest BCUT2D eigenvalue weighted by atomic mass is 35.5. The summed E-state index contributed by atoms with van der Waals surface area (Å²) in [6.45, 7) is 1.42. The Kier molecular flexibility index (Phi) is 4.12. The van der Waals surface area contributed by atoms with Gasteiger partial charge in [0.15, 0.2) is 0 Å². The summed E-state index contributed by atoms with van der Waals surface area (Å²) in [5.41, 5.74) is -0.0843. The van der Waals surface area contributed by atoms with Gasteiger partial charge in [-0.05, 0) is 17.7 Å². The minimum absolute atomic E-state index is 0.0999. The van der Waals surface area contributed by atoms with Crippen molar-refractivity contribution < 1.29 is 19.1 Å². The fraction of sp³-hybridized carbons (Fsp3) is 0.200. The van der Waals surface area contributed by atoms with Crippen LogP contribution in [0, 0.1) is 0 Å². The molecule has 0 aliphatic heterocycles. The van der Waals surface area contributed by atoms with Crippen LogP contribution in [0.4, 0.5) is 4.79 Å². The van der Waals surface area contributed by atoms with Crippen molar-refractivity contribution >= 4 is 23.0 Å². The standard InChI is InChI=1S/C10H9ClO4/c1-7(12)15-9-4-2-8(3-5-9)6-14-10(11)13/h2-5H,6H2,1H3. The van der Waals surface area contributed by atoms with Crippen molar-refractivity contribution in [3.63, 3.8) is 0 Å². The molecule has 0 saturated carbocycles. The first kappa shape index (κ1) is 11.5. The molecule has 0 radical (unpaired) electrons. The topological polar surface area (TPSA) is 52.6 Å². The number of halogens is 1.